The monoisotopic (exact) mass is 571 g/mol. The average molecular weight is 572 g/mol. The molecule has 4 aliphatic carbocycles. The minimum absolute atomic E-state index is 0.00788. The van der Waals surface area contributed by atoms with E-state index in [1.807, 2.05) is 27.9 Å². The lowest BCUT2D eigenvalue weighted by atomic mass is 9.42. The van der Waals surface area contributed by atoms with Gasteiger partial charge in [0.1, 0.15) is 11.6 Å². The fraction of sp³-hybridized carbons (Fsp3) is 0.909. The van der Waals surface area contributed by atoms with Crippen LogP contribution in [0.2, 0.25) is 0 Å². The number of nitrogens with one attached hydrogen (secondary N) is 2. The number of nitrogens with zero attached hydrogens (tertiary/aromatic N) is 1. The second kappa shape index (κ2) is 10.2. The summed E-state index contributed by atoms with van der Waals surface area (Å²) < 4.78 is 19.8. The summed E-state index contributed by atoms with van der Waals surface area (Å²) in [7, 11) is 4.18. The van der Waals surface area contributed by atoms with Crippen molar-refractivity contribution in [2.75, 3.05) is 20.7 Å². The van der Waals surface area contributed by atoms with Gasteiger partial charge in [-0.15, -0.1) is 0 Å². The molecule has 8 heteroatoms. The summed E-state index contributed by atoms with van der Waals surface area (Å²) in [6.07, 6.45) is 13.0. The van der Waals surface area contributed by atoms with E-state index >= 15 is 0 Å². The number of carbonyl (C=O) groups excluding carboxylic acids is 1. The SMILES string of the molecule is CO[C@]12CCC(N[C@@H](CC3=CNC4CCCCC34)C(=O)OC(C)(C)C)[C@@H]3OC4C(O)CCC5CC1N(C)CC[C@]32C54. The first-order valence-electron chi connectivity index (χ1n) is 16.6. The highest BCUT2D eigenvalue weighted by molar-refractivity contribution is 5.76. The van der Waals surface area contributed by atoms with Crippen molar-refractivity contribution in [3.05, 3.63) is 11.8 Å². The first-order valence-corrected chi connectivity index (χ1v) is 16.6. The Morgan fingerprint density at radius 2 is 2.02 bits per heavy atom. The molecule has 0 amide bonds. The Morgan fingerprint density at radius 3 is 2.80 bits per heavy atom. The maximum atomic E-state index is 13.8. The molecule has 0 aromatic rings. The third kappa shape index (κ3) is 4.28. The lowest BCUT2D eigenvalue weighted by Gasteiger charge is -2.69. The standard InChI is InChI=1S/C33H53N3O5/c1-31(2,3)41-30(38)24(16-20-18-34-22-9-7-6-8-21(20)22)35-23-12-13-33(39-5)26-17-19-10-11-25(37)28-27(19)32(33,29(23)40-28)14-15-36(26)4/h18-19,21-29,34-35,37H,6-17H2,1-5H3/t19?,21?,22?,23?,24-,25?,26?,27?,28?,29-,32-,33+/m0/s1. The zero-order valence-electron chi connectivity index (χ0n) is 25.9. The molecule has 3 heterocycles. The molecule has 0 aromatic carbocycles. The molecule has 0 aromatic heterocycles. The lowest BCUT2D eigenvalue weighted by Crippen LogP contribution is -2.78. The van der Waals surface area contributed by atoms with E-state index in [4.69, 9.17) is 14.2 Å². The number of hydrogen-bond acceptors (Lipinski definition) is 8. The molecule has 230 valence electrons. The number of likely N-dealkylation sites (tertiary alicyclic amines) is 1. The van der Waals surface area contributed by atoms with Crippen molar-refractivity contribution in [2.45, 2.75) is 145 Å². The molecular formula is C33H53N3O5. The summed E-state index contributed by atoms with van der Waals surface area (Å²) in [5, 5.41) is 18.8. The number of aliphatic hydroxyl groups excluding tert-OH is 1. The van der Waals surface area contributed by atoms with Crippen molar-refractivity contribution in [1.29, 1.82) is 0 Å². The fourth-order valence-corrected chi connectivity index (χ4v) is 11.1. The van der Waals surface area contributed by atoms with E-state index in [1.165, 1.54) is 31.3 Å². The number of carbonyl (C=O) groups is 1. The van der Waals surface area contributed by atoms with Crippen LogP contribution in [-0.2, 0) is 19.0 Å². The zero-order chi connectivity index (χ0) is 28.7. The maximum absolute atomic E-state index is 13.8. The Hall–Kier alpha value is -1.19. The molecule has 1 spiro atoms. The smallest absolute Gasteiger partial charge is 0.323 e. The molecule has 2 saturated heterocycles. The van der Waals surface area contributed by atoms with Crippen LogP contribution in [0.25, 0.3) is 0 Å². The summed E-state index contributed by atoms with van der Waals surface area (Å²) >= 11 is 0. The summed E-state index contributed by atoms with van der Waals surface area (Å²) in [6.45, 7) is 6.88. The van der Waals surface area contributed by atoms with Crippen molar-refractivity contribution < 1.29 is 24.1 Å². The van der Waals surface area contributed by atoms with E-state index in [0.717, 1.165) is 45.1 Å². The van der Waals surface area contributed by atoms with E-state index in [1.54, 1.807) is 0 Å². The predicted octanol–water partition coefficient (Wildman–Crippen LogP) is 3.52. The largest absolute Gasteiger partial charge is 0.459 e. The second-order valence-corrected chi connectivity index (χ2v) is 15.6. The second-order valence-electron chi connectivity index (χ2n) is 15.6. The molecule has 7 rings (SSSR count). The molecule has 12 atom stereocenters. The molecule has 2 bridgehead atoms. The third-order valence-corrected chi connectivity index (χ3v) is 12.6. The predicted molar refractivity (Wildman–Crippen MR) is 156 cm³/mol. The topological polar surface area (TPSA) is 92.3 Å². The number of likely N-dealkylation sites (N-methyl/N-ethyl adjacent to an activating group) is 1. The Bertz CT molecular complexity index is 1060. The normalized spacial score (nSPS) is 47.6. The van der Waals surface area contributed by atoms with Gasteiger partial charge in [-0.05, 0) is 110 Å². The van der Waals surface area contributed by atoms with Crippen molar-refractivity contribution in [3.8, 4) is 0 Å². The molecular weight excluding hydrogens is 518 g/mol. The molecule has 41 heavy (non-hydrogen) atoms. The molecule has 6 fully saturated rings. The van der Waals surface area contributed by atoms with E-state index < -0.39 is 17.7 Å². The molecule has 8 nitrogen and oxygen atoms in total. The minimum Gasteiger partial charge on any atom is -0.459 e. The summed E-state index contributed by atoms with van der Waals surface area (Å²) in [5.41, 5.74) is 0.353. The highest BCUT2D eigenvalue weighted by Gasteiger charge is 2.78. The van der Waals surface area contributed by atoms with Crippen molar-refractivity contribution in [3.63, 3.8) is 0 Å². The quantitative estimate of drug-likeness (QED) is 0.417. The van der Waals surface area contributed by atoms with Gasteiger partial charge in [0.2, 0.25) is 0 Å². The number of esters is 1. The third-order valence-electron chi connectivity index (χ3n) is 12.6. The number of aliphatic hydroxyl groups is 1. The van der Waals surface area contributed by atoms with Gasteiger partial charge < -0.3 is 29.5 Å². The van der Waals surface area contributed by atoms with Gasteiger partial charge in [-0.3, -0.25) is 10.1 Å². The van der Waals surface area contributed by atoms with Crippen LogP contribution in [-0.4, -0.2) is 90.4 Å². The van der Waals surface area contributed by atoms with Crippen LogP contribution in [0.5, 0.6) is 0 Å². The molecule has 4 saturated carbocycles. The number of rotatable bonds is 6. The van der Waals surface area contributed by atoms with E-state index in [9.17, 15) is 9.90 Å². The molecule has 3 aliphatic heterocycles. The minimum atomic E-state index is -0.552. The number of hydrogen-bond donors (Lipinski definition) is 3. The van der Waals surface area contributed by atoms with Gasteiger partial charge >= 0.3 is 5.97 Å². The van der Waals surface area contributed by atoms with E-state index in [0.29, 0.717) is 36.3 Å². The molecule has 7 aliphatic rings. The lowest BCUT2D eigenvalue weighted by molar-refractivity contribution is -0.269. The van der Waals surface area contributed by atoms with Crippen LogP contribution < -0.4 is 10.6 Å². The Kier molecular flexibility index (Phi) is 7.10. The van der Waals surface area contributed by atoms with Crippen LogP contribution in [0.3, 0.4) is 0 Å². The van der Waals surface area contributed by atoms with E-state index in [2.05, 4.69) is 28.8 Å². The first kappa shape index (κ1) is 28.6. The molecule has 0 radical (unpaired) electrons. The maximum Gasteiger partial charge on any atom is 0.323 e. The van der Waals surface area contributed by atoms with Crippen LogP contribution >= 0.6 is 0 Å². The summed E-state index contributed by atoms with van der Waals surface area (Å²) in [5.74, 6) is 1.19. The van der Waals surface area contributed by atoms with Gasteiger partial charge in [-0.2, -0.15) is 0 Å². The van der Waals surface area contributed by atoms with Gasteiger partial charge in [0.25, 0.3) is 0 Å². The van der Waals surface area contributed by atoms with Gasteiger partial charge in [0.05, 0.1) is 23.9 Å². The average Bonchev–Trinajstić information content (AvgIpc) is 3.51. The Morgan fingerprint density at radius 1 is 1.22 bits per heavy atom. The summed E-state index contributed by atoms with van der Waals surface area (Å²) in [6, 6.07) is 0.445. The van der Waals surface area contributed by atoms with Gasteiger partial charge in [0.15, 0.2) is 0 Å². The van der Waals surface area contributed by atoms with Crippen molar-refractivity contribution in [1.82, 2.24) is 15.5 Å². The van der Waals surface area contributed by atoms with Crippen molar-refractivity contribution >= 4 is 5.97 Å². The number of fused-ring (bicyclic) bond motifs is 1. The van der Waals surface area contributed by atoms with Crippen LogP contribution in [0, 0.1) is 23.2 Å². The number of ether oxygens (including phenoxy) is 3. The highest BCUT2D eigenvalue weighted by atomic mass is 16.6. The zero-order valence-corrected chi connectivity index (χ0v) is 25.9. The highest BCUT2D eigenvalue weighted by Crippen LogP contribution is 2.70. The van der Waals surface area contributed by atoms with Gasteiger partial charge in [0, 0.05) is 42.5 Å². The Labute approximate surface area is 246 Å². The van der Waals surface area contributed by atoms with Crippen LogP contribution in [0.15, 0.2) is 11.8 Å². The number of methoxy groups -OCH3 is 1. The molecule has 8 unspecified atom stereocenters. The Balaban J connectivity index is 1.21. The van der Waals surface area contributed by atoms with Gasteiger partial charge in [-0.1, -0.05) is 12.8 Å². The van der Waals surface area contributed by atoms with E-state index in [-0.39, 0.29) is 35.2 Å². The van der Waals surface area contributed by atoms with Crippen LogP contribution in [0.1, 0.15) is 91.4 Å². The van der Waals surface area contributed by atoms with Crippen molar-refractivity contribution in [2.24, 2.45) is 23.2 Å². The fourth-order valence-electron chi connectivity index (χ4n) is 11.1. The van der Waals surface area contributed by atoms with Gasteiger partial charge in [-0.25, -0.2) is 0 Å². The van der Waals surface area contributed by atoms with Crippen LogP contribution in [0.4, 0.5) is 0 Å². The molecule has 3 N–H and O–H groups in total. The number of piperidine rings is 1. The first-order chi connectivity index (χ1) is 19.6. The summed E-state index contributed by atoms with van der Waals surface area (Å²) in [4.78, 5) is 16.4.